The van der Waals surface area contributed by atoms with Crippen LogP contribution in [0.3, 0.4) is 0 Å². The van der Waals surface area contributed by atoms with Crippen LogP contribution < -0.4 is 4.74 Å². The minimum absolute atomic E-state index is 0.0119. The van der Waals surface area contributed by atoms with E-state index < -0.39 is 5.97 Å². The number of hydrogen-bond donors (Lipinski definition) is 0. The fraction of sp³-hybridized carbons (Fsp3) is 0. The number of nitriles is 3. The van der Waals surface area contributed by atoms with Crippen LogP contribution in [-0.4, -0.2) is 12.3 Å². The molecule has 6 nitrogen and oxygen atoms in total. The van der Waals surface area contributed by atoms with E-state index in [4.69, 9.17) is 20.5 Å². The first-order valence-electron chi connectivity index (χ1n) is 6.30. The zero-order chi connectivity index (χ0) is 16.8. The summed E-state index contributed by atoms with van der Waals surface area (Å²) in [6.07, 6.45) is 0.459. The van der Waals surface area contributed by atoms with E-state index in [1.54, 1.807) is 6.07 Å². The average molecular weight is 301 g/mol. The van der Waals surface area contributed by atoms with Crippen molar-refractivity contribution in [2.45, 2.75) is 0 Å². The lowest BCUT2D eigenvalue weighted by molar-refractivity contribution is 0.0732. The first-order valence-corrected chi connectivity index (χ1v) is 6.30. The topological polar surface area (TPSA) is 115 Å². The summed E-state index contributed by atoms with van der Waals surface area (Å²) in [5.74, 6) is -1.11. The van der Waals surface area contributed by atoms with Gasteiger partial charge in [-0.25, -0.2) is 4.79 Å². The van der Waals surface area contributed by atoms with Crippen molar-refractivity contribution in [3.63, 3.8) is 0 Å². The van der Waals surface area contributed by atoms with Gasteiger partial charge in [0.25, 0.3) is 0 Å². The molecule has 0 aliphatic heterocycles. The summed E-state index contributed by atoms with van der Waals surface area (Å²) in [5, 5.41) is 27.1. The van der Waals surface area contributed by atoms with Gasteiger partial charge in [-0.3, -0.25) is 4.79 Å². The molecule has 108 valence electrons. The van der Waals surface area contributed by atoms with Gasteiger partial charge in [-0.2, -0.15) is 15.8 Å². The van der Waals surface area contributed by atoms with E-state index in [0.717, 1.165) is 0 Å². The molecule has 0 radical (unpaired) electrons. The van der Waals surface area contributed by atoms with Crippen LogP contribution in [0.15, 0.2) is 36.4 Å². The summed E-state index contributed by atoms with van der Waals surface area (Å²) in [4.78, 5) is 23.3. The number of carbonyl (C=O) groups excluding carboxylic acids is 2. The maximum absolute atomic E-state index is 12.3. The summed E-state index contributed by atoms with van der Waals surface area (Å²) in [5.41, 5.74) is -0.158. The molecule has 0 aliphatic carbocycles. The van der Waals surface area contributed by atoms with Crippen LogP contribution in [0.1, 0.15) is 37.4 Å². The number of nitrogens with zero attached hydrogens (tertiary/aromatic N) is 3. The van der Waals surface area contributed by atoms with Gasteiger partial charge in [0.15, 0.2) is 12.0 Å². The highest BCUT2D eigenvalue weighted by Gasteiger charge is 2.20. The third-order valence-corrected chi connectivity index (χ3v) is 3.00. The van der Waals surface area contributed by atoms with Crippen molar-refractivity contribution >= 4 is 12.3 Å². The number of esters is 1. The van der Waals surface area contributed by atoms with Crippen molar-refractivity contribution in [2.75, 3.05) is 0 Å². The molecule has 0 atom stereocenters. The highest BCUT2D eigenvalue weighted by Crippen LogP contribution is 2.24. The second-order valence-corrected chi connectivity index (χ2v) is 4.29. The van der Waals surface area contributed by atoms with Crippen LogP contribution in [-0.2, 0) is 0 Å². The van der Waals surface area contributed by atoms with E-state index in [-0.39, 0.29) is 33.6 Å². The summed E-state index contributed by atoms with van der Waals surface area (Å²) in [6.45, 7) is 0. The predicted molar refractivity (Wildman–Crippen MR) is 77.4 cm³/mol. The fourth-order valence-electron chi connectivity index (χ4n) is 1.93. The Hall–Kier alpha value is -3.95. The van der Waals surface area contributed by atoms with Crippen molar-refractivity contribution in [3.05, 3.63) is 64.2 Å². The van der Waals surface area contributed by atoms with Gasteiger partial charge in [-0.05, 0) is 24.3 Å². The number of para-hydroxylation sites is 1. The Morgan fingerprint density at radius 3 is 2.22 bits per heavy atom. The number of benzene rings is 2. The molecule has 0 aliphatic rings. The number of rotatable bonds is 3. The molecule has 0 aromatic heterocycles. The maximum Gasteiger partial charge on any atom is 0.344 e. The van der Waals surface area contributed by atoms with Crippen molar-refractivity contribution in [2.24, 2.45) is 0 Å². The number of hydrogen-bond acceptors (Lipinski definition) is 6. The van der Waals surface area contributed by atoms with Gasteiger partial charge >= 0.3 is 5.97 Å². The molecule has 0 heterocycles. The minimum Gasteiger partial charge on any atom is -0.421 e. The third-order valence-electron chi connectivity index (χ3n) is 3.00. The van der Waals surface area contributed by atoms with Crippen LogP contribution in [0, 0.1) is 34.0 Å². The predicted octanol–water partition coefficient (Wildman–Crippen LogP) is 2.33. The monoisotopic (exact) mass is 301 g/mol. The Morgan fingerprint density at radius 2 is 1.61 bits per heavy atom. The highest BCUT2D eigenvalue weighted by atomic mass is 16.5. The molecule has 2 rings (SSSR count). The molecule has 2 aromatic carbocycles. The van der Waals surface area contributed by atoms with E-state index >= 15 is 0 Å². The van der Waals surface area contributed by atoms with Crippen LogP contribution >= 0.6 is 0 Å². The van der Waals surface area contributed by atoms with Crippen LogP contribution in [0.25, 0.3) is 0 Å². The third kappa shape index (κ3) is 2.90. The Balaban J connectivity index is 2.51. The van der Waals surface area contributed by atoms with Crippen molar-refractivity contribution in [1.29, 1.82) is 15.8 Å². The minimum atomic E-state index is -0.926. The molecule has 6 heteroatoms. The maximum atomic E-state index is 12.3. The second-order valence-electron chi connectivity index (χ2n) is 4.29. The summed E-state index contributed by atoms with van der Waals surface area (Å²) < 4.78 is 5.13. The van der Waals surface area contributed by atoms with Gasteiger partial charge in [0.2, 0.25) is 0 Å². The lowest BCUT2D eigenvalue weighted by Gasteiger charge is -2.09. The van der Waals surface area contributed by atoms with Crippen LogP contribution in [0.2, 0.25) is 0 Å². The molecule has 0 unspecified atom stereocenters. The molecular weight excluding hydrogens is 294 g/mol. The smallest absolute Gasteiger partial charge is 0.344 e. The van der Waals surface area contributed by atoms with Gasteiger partial charge in [-0.1, -0.05) is 12.1 Å². The van der Waals surface area contributed by atoms with Crippen molar-refractivity contribution < 1.29 is 14.3 Å². The number of ether oxygens (including phenoxy) is 1. The van der Waals surface area contributed by atoms with E-state index in [2.05, 4.69) is 0 Å². The first-order chi connectivity index (χ1) is 11.2. The normalized spacial score (nSPS) is 9.09. The van der Waals surface area contributed by atoms with E-state index in [9.17, 15) is 9.59 Å². The van der Waals surface area contributed by atoms with E-state index in [0.29, 0.717) is 6.29 Å². The molecule has 0 spiro atoms. The molecule has 0 saturated heterocycles. The highest BCUT2D eigenvalue weighted by molar-refractivity contribution is 5.96. The SMILES string of the molecule is N#Cc1cccc(C(=O)Oc2c(C#N)cccc2C=O)c1C#N. The summed E-state index contributed by atoms with van der Waals surface area (Å²) in [7, 11) is 0. The van der Waals surface area contributed by atoms with Gasteiger partial charge in [-0.15, -0.1) is 0 Å². The van der Waals surface area contributed by atoms with Gasteiger partial charge in [0, 0.05) is 0 Å². The molecule has 0 N–H and O–H groups in total. The number of carbonyl (C=O) groups is 2. The second kappa shape index (κ2) is 6.67. The van der Waals surface area contributed by atoms with E-state index in [1.807, 2.05) is 12.1 Å². The first kappa shape index (κ1) is 15.4. The van der Waals surface area contributed by atoms with Gasteiger partial charge in [0.1, 0.15) is 18.2 Å². The largest absolute Gasteiger partial charge is 0.421 e. The lowest BCUT2D eigenvalue weighted by atomic mass is 10.0. The summed E-state index contributed by atoms with van der Waals surface area (Å²) in [6, 6.07) is 13.9. The zero-order valence-corrected chi connectivity index (χ0v) is 11.6. The lowest BCUT2D eigenvalue weighted by Crippen LogP contribution is -2.13. The molecular formula is C17H7N3O3. The standard InChI is InChI=1S/C17H7N3O3/c18-7-11-3-2-6-14(15(11)9-20)17(22)23-16-12(8-19)4-1-5-13(16)10-21/h1-6,10H. The number of aldehydes is 1. The van der Waals surface area contributed by atoms with Crippen molar-refractivity contribution in [1.82, 2.24) is 0 Å². The quantitative estimate of drug-likeness (QED) is 0.488. The molecule has 0 bridgehead atoms. The fourth-order valence-corrected chi connectivity index (χ4v) is 1.93. The van der Waals surface area contributed by atoms with Crippen LogP contribution in [0.4, 0.5) is 0 Å². The Kier molecular flexibility index (Phi) is 4.48. The molecule has 0 fully saturated rings. The zero-order valence-electron chi connectivity index (χ0n) is 11.6. The Bertz CT molecular complexity index is 928. The molecule has 23 heavy (non-hydrogen) atoms. The Labute approximate surface area is 131 Å². The Morgan fingerprint density at radius 1 is 0.957 bits per heavy atom. The molecule has 0 amide bonds. The average Bonchev–Trinajstić information content (AvgIpc) is 2.60. The molecule has 0 saturated carbocycles. The van der Waals surface area contributed by atoms with E-state index in [1.165, 1.54) is 36.4 Å². The van der Waals surface area contributed by atoms with Gasteiger partial charge < -0.3 is 4.74 Å². The summed E-state index contributed by atoms with van der Waals surface area (Å²) >= 11 is 0. The van der Waals surface area contributed by atoms with Gasteiger partial charge in [0.05, 0.1) is 27.8 Å². The molecule has 2 aromatic rings. The van der Waals surface area contributed by atoms with Crippen molar-refractivity contribution in [3.8, 4) is 24.0 Å². The van der Waals surface area contributed by atoms with Crippen LogP contribution in [0.5, 0.6) is 5.75 Å².